The minimum absolute atomic E-state index is 0.129. The number of hydrogen-bond acceptors (Lipinski definition) is 4. The summed E-state index contributed by atoms with van der Waals surface area (Å²) < 4.78 is 10.7. The Balaban J connectivity index is 1.57. The predicted octanol–water partition coefficient (Wildman–Crippen LogP) is 2.73. The molecule has 1 saturated heterocycles. The van der Waals surface area contributed by atoms with Crippen LogP contribution < -0.4 is 5.32 Å². The van der Waals surface area contributed by atoms with Crippen molar-refractivity contribution in [2.24, 2.45) is 0 Å². The zero-order chi connectivity index (χ0) is 15.6. The molecule has 0 aromatic carbocycles. The number of carbonyl (C=O) groups is 1. The van der Waals surface area contributed by atoms with Crippen molar-refractivity contribution in [3.63, 3.8) is 0 Å². The number of nitrogens with one attached hydrogen (secondary N) is 2. The van der Waals surface area contributed by atoms with Gasteiger partial charge in [0, 0.05) is 42.1 Å². The number of fused-ring (bicyclic) bond motifs is 1. The predicted molar refractivity (Wildman–Crippen MR) is 85.1 cm³/mol. The molecular formula is C17H17N3O3. The SMILES string of the molecule is O=C(NC[C@@H]1CCCO1)c1cnc2[nH]cc(-c3ccoc3)c2c1. The highest BCUT2D eigenvalue weighted by Crippen LogP contribution is 2.28. The number of ether oxygens (including phenoxy) is 1. The van der Waals surface area contributed by atoms with Gasteiger partial charge in [-0.25, -0.2) is 4.98 Å². The van der Waals surface area contributed by atoms with E-state index in [-0.39, 0.29) is 12.0 Å². The second kappa shape index (κ2) is 5.89. The zero-order valence-electron chi connectivity index (χ0n) is 12.5. The molecule has 0 saturated carbocycles. The lowest BCUT2D eigenvalue weighted by atomic mass is 10.1. The van der Waals surface area contributed by atoms with Crippen LogP contribution in [0.25, 0.3) is 22.2 Å². The third kappa shape index (κ3) is 2.73. The molecule has 1 aliphatic rings. The summed E-state index contributed by atoms with van der Waals surface area (Å²) in [6.07, 6.45) is 8.95. The molecule has 3 aromatic rings. The number of carbonyl (C=O) groups excluding carboxylic acids is 1. The van der Waals surface area contributed by atoms with Crippen LogP contribution in [0.5, 0.6) is 0 Å². The Hall–Kier alpha value is -2.60. The van der Waals surface area contributed by atoms with Crippen LogP contribution in [0.4, 0.5) is 0 Å². The van der Waals surface area contributed by atoms with Crippen LogP contribution in [-0.4, -0.2) is 35.1 Å². The molecule has 0 spiro atoms. The first-order chi connectivity index (χ1) is 11.3. The number of rotatable bonds is 4. The lowest BCUT2D eigenvalue weighted by Crippen LogP contribution is -2.31. The molecule has 118 valence electrons. The zero-order valence-corrected chi connectivity index (χ0v) is 12.5. The van der Waals surface area contributed by atoms with Crippen LogP contribution in [0, 0.1) is 0 Å². The Morgan fingerprint density at radius 2 is 2.43 bits per heavy atom. The van der Waals surface area contributed by atoms with Crippen LogP contribution in [0.1, 0.15) is 23.2 Å². The van der Waals surface area contributed by atoms with E-state index in [2.05, 4.69) is 15.3 Å². The molecule has 3 aromatic heterocycles. The molecular weight excluding hydrogens is 294 g/mol. The van der Waals surface area contributed by atoms with Crippen molar-refractivity contribution in [1.29, 1.82) is 0 Å². The van der Waals surface area contributed by atoms with E-state index >= 15 is 0 Å². The van der Waals surface area contributed by atoms with Gasteiger partial charge in [0.1, 0.15) is 5.65 Å². The van der Waals surface area contributed by atoms with E-state index in [1.54, 1.807) is 18.7 Å². The van der Waals surface area contributed by atoms with E-state index in [1.807, 2.05) is 18.3 Å². The molecule has 2 N–H and O–H groups in total. The van der Waals surface area contributed by atoms with Gasteiger partial charge in [-0.2, -0.15) is 0 Å². The summed E-state index contributed by atoms with van der Waals surface area (Å²) >= 11 is 0. The molecule has 6 nitrogen and oxygen atoms in total. The average Bonchev–Trinajstić information content (AvgIpc) is 3.31. The quantitative estimate of drug-likeness (QED) is 0.776. The number of pyridine rings is 1. The van der Waals surface area contributed by atoms with E-state index < -0.39 is 0 Å². The van der Waals surface area contributed by atoms with Crippen molar-refractivity contribution in [3.05, 3.63) is 42.6 Å². The van der Waals surface area contributed by atoms with Gasteiger partial charge in [0.2, 0.25) is 0 Å². The maximum absolute atomic E-state index is 12.3. The van der Waals surface area contributed by atoms with Crippen LogP contribution in [-0.2, 0) is 4.74 Å². The van der Waals surface area contributed by atoms with Gasteiger partial charge < -0.3 is 19.5 Å². The lowest BCUT2D eigenvalue weighted by molar-refractivity contribution is 0.0857. The molecule has 0 unspecified atom stereocenters. The third-order valence-electron chi connectivity index (χ3n) is 4.14. The summed E-state index contributed by atoms with van der Waals surface area (Å²) in [5.41, 5.74) is 3.21. The highest BCUT2D eigenvalue weighted by Gasteiger charge is 2.17. The monoisotopic (exact) mass is 311 g/mol. The average molecular weight is 311 g/mol. The van der Waals surface area contributed by atoms with Crippen molar-refractivity contribution in [3.8, 4) is 11.1 Å². The first-order valence-electron chi connectivity index (χ1n) is 7.71. The standard InChI is InChI=1S/C17H17N3O3/c21-17(20-8-13-2-1-4-23-13)12-6-14-15(11-3-5-22-10-11)9-19-16(14)18-7-12/h3,5-7,9-10,13H,1-2,4,8H2,(H,18,19)(H,20,21)/t13-/m0/s1. The first-order valence-corrected chi connectivity index (χ1v) is 7.71. The molecule has 1 fully saturated rings. The summed E-state index contributed by atoms with van der Waals surface area (Å²) in [5, 5.41) is 3.82. The third-order valence-corrected chi connectivity index (χ3v) is 4.14. The fourth-order valence-electron chi connectivity index (χ4n) is 2.90. The van der Waals surface area contributed by atoms with Crippen LogP contribution in [0.3, 0.4) is 0 Å². The summed E-state index contributed by atoms with van der Waals surface area (Å²) in [7, 11) is 0. The van der Waals surface area contributed by atoms with Gasteiger partial charge in [-0.05, 0) is 25.0 Å². The van der Waals surface area contributed by atoms with E-state index in [0.717, 1.165) is 41.6 Å². The van der Waals surface area contributed by atoms with E-state index in [4.69, 9.17) is 9.15 Å². The number of aromatic nitrogens is 2. The Labute approximate surface area is 132 Å². The molecule has 1 aliphatic heterocycles. The fourth-order valence-corrected chi connectivity index (χ4v) is 2.90. The molecule has 23 heavy (non-hydrogen) atoms. The first kappa shape index (κ1) is 14.0. The van der Waals surface area contributed by atoms with Crippen molar-refractivity contribution >= 4 is 16.9 Å². The largest absolute Gasteiger partial charge is 0.472 e. The van der Waals surface area contributed by atoms with Crippen molar-refractivity contribution in [2.45, 2.75) is 18.9 Å². The topological polar surface area (TPSA) is 80.1 Å². The Kier molecular flexibility index (Phi) is 3.59. The molecule has 0 aliphatic carbocycles. The van der Waals surface area contributed by atoms with E-state index in [1.165, 1.54) is 0 Å². The Morgan fingerprint density at radius 1 is 1.48 bits per heavy atom. The van der Waals surface area contributed by atoms with Crippen molar-refractivity contribution in [1.82, 2.24) is 15.3 Å². The van der Waals surface area contributed by atoms with E-state index in [9.17, 15) is 4.79 Å². The van der Waals surface area contributed by atoms with Gasteiger partial charge in [0.05, 0.1) is 24.2 Å². The molecule has 0 radical (unpaired) electrons. The summed E-state index contributed by atoms with van der Waals surface area (Å²) in [6.45, 7) is 1.32. The highest BCUT2D eigenvalue weighted by atomic mass is 16.5. The van der Waals surface area contributed by atoms with Gasteiger partial charge in [0.15, 0.2) is 0 Å². The number of furan rings is 1. The molecule has 6 heteroatoms. The highest BCUT2D eigenvalue weighted by molar-refractivity contribution is 6.00. The Bertz CT molecular complexity index is 817. The maximum Gasteiger partial charge on any atom is 0.252 e. The second-order valence-electron chi connectivity index (χ2n) is 5.68. The number of aromatic amines is 1. The number of hydrogen-bond donors (Lipinski definition) is 2. The van der Waals surface area contributed by atoms with Gasteiger partial charge in [-0.1, -0.05) is 0 Å². The smallest absolute Gasteiger partial charge is 0.252 e. The molecule has 1 atom stereocenters. The minimum atomic E-state index is -0.130. The van der Waals surface area contributed by atoms with Gasteiger partial charge in [0.25, 0.3) is 5.91 Å². The molecule has 1 amide bonds. The van der Waals surface area contributed by atoms with E-state index in [0.29, 0.717) is 12.1 Å². The number of H-pyrrole nitrogens is 1. The van der Waals surface area contributed by atoms with Crippen LogP contribution in [0.2, 0.25) is 0 Å². The molecule has 4 rings (SSSR count). The minimum Gasteiger partial charge on any atom is -0.472 e. The molecule has 4 heterocycles. The van der Waals surface area contributed by atoms with Gasteiger partial charge in [-0.15, -0.1) is 0 Å². The van der Waals surface area contributed by atoms with Crippen LogP contribution >= 0.6 is 0 Å². The number of nitrogens with zero attached hydrogens (tertiary/aromatic N) is 1. The van der Waals surface area contributed by atoms with Gasteiger partial charge in [-0.3, -0.25) is 4.79 Å². The normalized spacial score (nSPS) is 17.7. The summed E-state index contributed by atoms with van der Waals surface area (Å²) in [4.78, 5) is 19.8. The summed E-state index contributed by atoms with van der Waals surface area (Å²) in [5.74, 6) is -0.130. The van der Waals surface area contributed by atoms with Crippen LogP contribution in [0.15, 0.2) is 41.5 Å². The van der Waals surface area contributed by atoms with Crippen molar-refractivity contribution < 1.29 is 13.9 Å². The number of amides is 1. The van der Waals surface area contributed by atoms with Gasteiger partial charge >= 0.3 is 0 Å². The second-order valence-corrected chi connectivity index (χ2v) is 5.68. The van der Waals surface area contributed by atoms with Crippen molar-refractivity contribution in [2.75, 3.05) is 13.2 Å². The Morgan fingerprint density at radius 3 is 3.22 bits per heavy atom. The fraction of sp³-hybridized carbons (Fsp3) is 0.294. The molecule has 0 bridgehead atoms. The lowest BCUT2D eigenvalue weighted by Gasteiger charge is -2.10. The summed E-state index contributed by atoms with van der Waals surface area (Å²) in [6, 6.07) is 3.73. The maximum atomic E-state index is 12.3.